The van der Waals surface area contributed by atoms with E-state index in [4.69, 9.17) is 0 Å². The van der Waals surface area contributed by atoms with Crippen LogP contribution in [0.5, 0.6) is 0 Å². The van der Waals surface area contributed by atoms with Crippen molar-refractivity contribution in [1.82, 2.24) is 9.36 Å². The Bertz CT molecular complexity index is 969. The lowest BCUT2D eigenvalue weighted by Crippen LogP contribution is -2.23. The molecule has 2 aromatic carbocycles. The Balaban J connectivity index is 1.99. The normalized spacial score (nSPS) is 11.2. The minimum Gasteiger partial charge on any atom is -0.283 e. The van der Waals surface area contributed by atoms with Crippen molar-refractivity contribution in [2.24, 2.45) is 17.4 Å². The molecule has 0 bridgehead atoms. The molecule has 0 fully saturated rings. The molecule has 0 radical (unpaired) electrons. The summed E-state index contributed by atoms with van der Waals surface area (Å²) in [7, 11) is 3.59. The number of benzene rings is 2. The molecule has 0 saturated heterocycles. The van der Waals surface area contributed by atoms with Gasteiger partial charge in [-0.15, -0.1) is 5.11 Å². The third-order valence-electron chi connectivity index (χ3n) is 4.14. The zero-order valence-electron chi connectivity index (χ0n) is 14.8. The lowest BCUT2D eigenvalue weighted by atomic mass is 10.2. The van der Waals surface area contributed by atoms with Gasteiger partial charge in [-0.1, -0.05) is 35.6 Å². The van der Waals surface area contributed by atoms with Crippen LogP contribution in [0.3, 0.4) is 0 Å². The first kappa shape index (κ1) is 16.7. The molecule has 3 aromatic rings. The second kappa shape index (κ2) is 6.76. The monoisotopic (exact) mass is 335 g/mol. The number of hydrogen-bond acceptors (Lipinski definition) is 3. The summed E-state index contributed by atoms with van der Waals surface area (Å²) in [4.78, 5) is 12.9. The van der Waals surface area contributed by atoms with Gasteiger partial charge < -0.3 is 0 Å². The molecule has 128 valence electrons. The van der Waals surface area contributed by atoms with E-state index < -0.39 is 0 Å². The Kier molecular flexibility index (Phi) is 4.52. The number of anilines is 1. The number of aromatic nitrogens is 2. The summed E-state index contributed by atoms with van der Waals surface area (Å²) in [5, 5.41) is 9.97. The summed E-state index contributed by atoms with van der Waals surface area (Å²) in [5.41, 5.74) is 3.87. The molecule has 1 heterocycles. The molecule has 25 heavy (non-hydrogen) atoms. The van der Waals surface area contributed by atoms with Crippen molar-refractivity contribution in [1.29, 1.82) is 0 Å². The third-order valence-corrected chi connectivity index (χ3v) is 4.14. The van der Waals surface area contributed by atoms with Gasteiger partial charge in [-0.2, -0.15) is 0 Å². The summed E-state index contributed by atoms with van der Waals surface area (Å²) in [5.74, 6) is 0. The fraction of sp³-hybridized carbons (Fsp3) is 0.211. The van der Waals surface area contributed by atoms with Gasteiger partial charge in [0.25, 0.3) is 5.56 Å². The molecule has 3 rings (SSSR count). The molecular formula is C19H21N5O. The highest BCUT2D eigenvalue weighted by Crippen LogP contribution is 2.19. The Morgan fingerprint density at radius 1 is 1.00 bits per heavy atom. The van der Waals surface area contributed by atoms with E-state index in [1.165, 1.54) is 5.01 Å². The van der Waals surface area contributed by atoms with E-state index in [1.807, 2.05) is 80.2 Å². The maximum absolute atomic E-state index is 12.9. The van der Waals surface area contributed by atoms with Crippen LogP contribution in [-0.4, -0.2) is 16.4 Å². The van der Waals surface area contributed by atoms with Gasteiger partial charge in [0, 0.05) is 14.1 Å². The molecule has 0 aliphatic carbocycles. The van der Waals surface area contributed by atoms with Crippen molar-refractivity contribution >= 4 is 11.4 Å². The molecule has 0 amide bonds. The number of aryl methyl sites for hydroxylation is 1. The molecule has 6 heteroatoms. The predicted octanol–water partition coefficient (Wildman–Crippen LogP) is 3.93. The molecule has 1 aromatic heterocycles. The number of para-hydroxylation sites is 1. The number of rotatable bonds is 4. The van der Waals surface area contributed by atoms with E-state index in [0.29, 0.717) is 5.69 Å². The maximum atomic E-state index is 12.9. The van der Waals surface area contributed by atoms with E-state index in [9.17, 15) is 4.79 Å². The summed E-state index contributed by atoms with van der Waals surface area (Å²) in [6.45, 7) is 3.90. The van der Waals surface area contributed by atoms with Crippen molar-refractivity contribution in [2.75, 3.05) is 12.1 Å². The van der Waals surface area contributed by atoms with Crippen LogP contribution in [0, 0.1) is 13.8 Å². The molecule has 0 atom stereocenters. The topological polar surface area (TPSA) is 54.9 Å². The quantitative estimate of drug-likeness (QED) is 0.536. The fourth-order valence-corrected chi connectivity index (χ4v) is 2.78. The maximum Gasteiger partial charge on any atom is 0.297 e. The molecule has 0 saturated carbocycles. The summed E-state index contributed by atoms with van der Waals surface area (Å²) >= 11 is 0. The van der Waals surface area contributed by atoms with Gasteiger partial charge >= 0.3 is 0 Å². The minimum atomic E-state index is -0.128. The second-order valence-electron chi connectivity index (χ2n) is 5.96. The summed E-state index contributed by atoms with van der Waals surface area (Å²) < 4.78 is 3.45. The van der Waals surface area contributed by atoms with Gasteiger partial charge in [0.05, 0.1) is 17.1 Å². The van der Waals surface area contributed by atoms with Crippen LogP contribution in [0.25, 0.3) is 5.69 Å². The molecular weight excluding hydrogens is 314 g/mol. The van der Waals surface area contributed by atoms with Crippen molar-refractivity contribution in [3.8, 4) is 5.69 Å². The molecule has 0 aliphatic heterocycles. The highest BCUT2D eigenvalue weighted by Gasteiger charge is 2.19. The standard InChI is InChI=1S/C19H21N5O/c1-14-9-8-10-16(13-14)20-21-22(3)18-15(2)23(4)24(19(18)25)17-11-6-5-7-12-17/h5-13H,1-4H3. The number of nitrogens with zero attached hydrogens (tertiary/aromatic N) is 5. The Morgan fingerprint density at radius 2 is 1.72 bits per heavy atom. The summed E-state index contributed by atoms with van der Waals surface area (Å²) in [6, 6.07) is 17.3. The first-order valence-corrected chi connectivity index (χ1v) is 8.05. The molecule has 0 N–H and O–H groups in total. The average Bonchev–Trinajstić information content (AvgIpc) is 2.83. The zero-order valence-corrected chi connectivity index (χ0v) is 14.8. The van der Waals surface area contributed by atoms with E-state index >= 15 is 0 Å². The average molecular weight is 335 g/mol. The second-order valence-corrected chi connectivity index (χ2v) is 5.96. The molecule has 0 spiro atoms. The van der Waals surface area contributed by atoms with Crippen LogP contribution in [0.4, 0.5) is 11.4 Å². The van der Waals surface area contributed by atoms with Crippen LogP contribution in [-0.2, 0) is 7.05 Å². The van der Waals surface area contributed by atoms with Gasteiger partial charge in [0.15, 0.2) is 0 Å². The van der Waals surface area contributed by atoms with E-state index in [1.54, 1.807) is 11.7 Å². The van der Waals surface area contributed by atoms with E-state index in [2.05, 4.69) is 10.3 Å². The predicted molar refractivity (Wildman–Crippen MR) is 99.8 cm³/mol. The fourth-order valence-electron chi connectivity index (χ4n) is 2.78. The van der Waals surface area contributed by atoms with Gasteiger partial charge in [0.2, 0.25) is 0 Å². The van der Waals surface area contributed by atoms with Crippen molar-refractivity contribution in [3.63, 3.8) is 0 Å². The minimum absolute atomic E-state index is 0.128. The van der Waals surface area contributed by atoms with Crippen molar-refractivity contribution < 1.29 is 0 Å². The van der Waals surface area contributed by atoms with Crippen LogP contribution in [0.15, 0.2) is 69.7 Å². The van der Waals surface area contributed by atoms with Crippen molar-refractivity contribution in [2.45, 2.75) is 13.8 Å². The van der Waals surface area contributed by atoms with Crippen LogP contribution in [0.1, 0.15) is 11.3 Å². The van der Waals surface area contributed by atoms with E-state index in [-0.39, 0.29) is 5.56 Å². The van der Waals surface area contributed by atoms with Crippen LogP contribution < -0.4 is 10.6 Å². The Morgan fingerprint density at radius 3 is 2.40 bits per heavy atom. The van der Waals surface area contributed by atoms with Gasteiger partial charge in [-0.25, -0.2) is 9.69 Å². The van der Waals surface area contributed by atoms with Gasteiger partial charge in [0.1, 0.15) is 5.69 Å². The molecule has 6 nitrogen and oxygen atoms in total. The highest BCUT2D eigenvalue weighted by atomic mass is 16.1. The number of hydrogen-bond donors (Lipinski definition) is 0. The Labute approximate surface area is 146 Å². The lowest BCUT2D eigenvalue weighted by Gasteiger charge is -2.09. The lowest BCUT2D eigenvalue weighted by molar-refractivity contribution is 0.630. The van der Waals surface area contributed by atoms with Crippen LogP contribution in [0.2, 0.25) is 0 Å². The summed E-state index contributed by atoms with van der Waals surface area (Å²) in [6.07, 6.45) is 0. The Hall–Kier alpha value is -3.15. The third kappa shape index (κ3) is 3.24. The molecule has 0 unspecified atom stereocenters. The van der Waals surface area contributed by atoms with E-state index in [0.717, 1.165) is 22.6 Å². The van der Waals surface area contributed by atoms with Gasteiger partial charge in [-0.05, 0) is 43.7 Å². The van der Waals surface area contributed by atoms with Crippen LogP contribution >= 0.6 is 0 Å². The smallest absolute Gasteiger partial charge is 0.283 e. The van der Waals surface area contributed by atoms with Gasteiger partial charge in [-0.3, -0.25) is 9.48 Å². The van der Waals surface area contributed by atoms with Crippen molar-refractivity contribution in [3.05, 3.63) is 76.2 Å². The highest BCUT2D eigenvalue weighted by molar-refractivity contribution is 5.50. The first-order chi connectivity index (χ1) is 12.0. The zero-order chi connectivity index (χ0) is 18.0. The largest absolute Gasteiger partial charge is 0.297 e. The first-order valence-electron chi connectivity index (χ1n) is 8.05. The molecule has 0 aliphatic rings. The SMILES string of the molecule is Cc1cccc(N=NN(C)c2c(C)n(C)n(-c3ccccc3)c2=O)c1.